The molecule has 0 aliphatic rings. The summed E-state index contributed by atoms with van der Waals surface area (Å²) in [5, 5.41) is 8.23. The fraction of sp³-hybridized carbons (Fsp3) is 0.176. The second-order valence-electron chi connectivity index (χ2n) is 5.57. The van der Waals surface area contributed by atoms with Crippen molar-refractivity contribution >= 4 is 50.8 Å². The number of primary sulfonamides is 1. The van der Waals surface area contributed by atoms with Crippen molar-refractivity contribution in [3.05, 3.63) is 52.0 Å². The Morgan fingerprint density at radius 1 is 1.14 bits per heavy atom. The molecule has 0 bridgehead atoms. The summed E-state index contributed by atoms with van der Waals surface area (Å²) in [6.07, 6.45) is -1.20. The summed E-state index contributed by atoms with van der Waals surface area (Å²) in [4.78, 5) is 24.1. The number of hydrogen-bond acceptors (Lipinski definition) is 6. The van der Waals surface area contributed by atoms with Crippen molar-refractivity contribution in [3.8, 4) is 5.75 Å². The van der Waals surface area contributed by atoms with Gasteiger partial charge in [0.05, 0.1) is 23.4 Å². The smallest absolute Gasteiger partial charge is 0.338 e. The zero-order valence-corrected chi connectivity index (χ0v) is 17.1. The highest BCUT2D eigenvalue weighted by molar-refractivity contribution is 7.89. The molecular formula is C17H16Cl2N2O6S. The molecule has 11 heteroatoms. The summed E-state index contributed by atoms with van der Waals surface area (Å²) >= 11 is 11.8. The molecule has 1 unspecified atom stereocenters. The Balaban J connectivity index is 2.14. The summed E-state index contributed by atoms with van der Waals surface area (Å²) < 4.78 is 33.3. The molecule has 3 N–H and O–H groups in total. The van der Waals surface area contributed by atoms with Crippen molar-refractivity contribution < 1.29 is 27.5 Å². The Morgan fingerprint density at radius 3 is 2.39 bits per heavy atom. The number of methoxy groups -OCH3 is 1. The number of halogens is 2. The fourth-order valence-corrected chi connectivity index (χ4v) is 3.31. The van der Waals surface area contributed by atoms with Gasteiger partial charge in [0.1, 0.15) is 10.6 Å². The lowest BCUT2D eigenvalue weighted by molar-refractivity contribution is -0.123. The summed E-state index contributed by atoms with van der Waals surface area (Å²) in [6.45, 7) is 1.35. The van der Waals surface area contributed by atoms with E-state index in [0.717, 1.165) is 6.07 Å². The average molecular weight is 447 g/mol. The van der Waals surface area contributed by atoms with Crippen molar-refractivity contribution in [2.45, 2.75) is 17.9 Å². The number of benzene rings is 2. The minimum Gasteiger partial charge on any atom is -0.495 e. The molecule has 0 radical (unpaired) electrons. The van der Waals surface area contributed by atoms with Crippen LogP contribution in [0.25, 0.3) is 0 Å². The first kappa shape index (κ1) is 22.0. The second kappa shape index (κ2) is 8.78. The van der Waals surface area contributed by atoms with Gasteiger partial charge in [0.2, 0.25) is 10.0 Å². The Morgan fingerprint density at radius 2 is 1.82 bits per heavy atom. The highest BCUT2D eigenvalue weighted by atomic mass is 35.5. The molecule has 2 rings (SSSR count). The molecule has 28 heavy (non-hydrogen) atoms. The van der Waals surface area contributed by atoms with Gasteiger partial charge in [-0.1, -0.05) is 23.2 Å². The van der Waals surface area contributed by atoms with Crippen LogP contribution in [0.3, 0.4) is 0 Å². The van der Waals surface area contributed by atoms with E-state index in [1.807, 2.05) is 0 Å². The van der Waals surface area contributed by atoms with Crippen molar-refractivity contribution in [1.29, 1.82) is 0 Å². The van der Waals surface area contributed by atoms with Crippen molar-refractivity contribution in [2.75, 3.05) is 12.4 Å². The fourth-order valence-electron chi connectivity index (χ4n) is 2.13. The van der Waals surface area contributed by atoms with Crippen molar-refractivity contribution in [1.82, 2.24) is 0 Å². The Kier molecular flexibility index (Phi) is 6.89. The highest BCUT2D eigenvalue weighted by Crippen LogP contribution is 2.26. The first-order chi connectivity index (χ1) is 13.0. The number of rotatable bonds is 6. The number of ether oxygens (including phenoxy) is 2. The summed E-state index contributed by atoms with van der Waals surface area (Å²) in [6, 6.07) is 8.04. The van der Waals surface area contributed by atoms with E-state index >= 15 is 0 Å². The lowest BCUT2D eigenvalue weighted by atomic mass is 10.2. The van der Waals surface area contributed by atoms with Crippen LogP contribution in [-0.4, -0.2) is 33.5 Å². The molecule has 0 spiro atoms. The maximum Gasteiger partial charge on any atom is 0.338 e. The molecule has 2 aromatic rings. The number of nitrogens with two attached hydrogens (primary N) is 1. The number of hydrogen-bond donors (Lipinski definition) is 2. The molecular weight excluding hydrogens is 431 g/mol. The maximum absolute atomic E-state index is 12.3. The Bertz CT molecular complexity index is 1030. The van der Waals surface area contributed by atoms with Crippen molar-refractivity contribution in [2.24, 2.45) is 5.14 Å². The molecule has 0 saturated carbocycles. The van der Waals surface area contributed by atoms with E-state index in [9.17, 15) is 18.0 Å². The topological polar surface area (TPSA) is 125 Å². The van der Waals surface area contributed by atoms with Gasteiger partial charge in [-0.15, -0.1) is 0 Å². The molecule has 0 aliphatic carbocycles. The predicted molar refractivity (Wildman–Crippen MR) is 104 cm³/mol. The maximum atomic E-state index is 12.3. The lowest BCUT2D eigenvalue weighted by Gasteiger charge is -2.15. The van der Waals surface area contributed by atoms with Crippen LogP contribution in [0.5, 0.6) is 5.75 Å². The van der Waals surface area contributed by atoms with Crippen LogP contribution in [0.2, 0.25) is 10.0 Å². The monoisotopic (exact) mass is 446 g/mol. The van der Waals surface area contributed by atoms with Gasteiger partial charge in [-0.3, -0.25) is 4.79 Å². The standard InChI is InChI=1S/C17H16Cl2N2O6S/c1-9(16(22)21-13-5-4-11(18)8-12(13)19)27-17(23)10-3-6-14(26-2)15(7-10)28(20,24)25/h3-9H,1-2H3,(H,21,22)(H2,20,24,25). The van der Waals surface area contributed by atoms with Gasteiger partial charge < -0.3 is 14.8 Å². The zero-order valence-electron chi connectivity index (χ0n) is 14.7. The number of carbonyl (C=O) groups is 2. The van der Waals surface area contributed by atoms with Gasteiger partial charge in [-0.2, -0.15) is 0 Å². The van der Waals surface area contributed by atoms with E-state index in [1.165, 1.54) is 44.4 Å². The Hall–Kier alpha value is -2.33. The number of nitrogens with one attached hydrogen (secondary N) is 1. The third kappa shape index (κ3) is 5.35. The van der Waals surface area contributed by atoms with Gasteiger partial charge in [0, 0.05) is 5.02 Å². The van der Waals surface area contributed by atoms with E-state index in [2.05, 4.69) is 5.32 Å². The second-order valence-corrected chi connectivity index (χ2v) is 7.95. The molecule has 8 nitrogen and oxygen atoms in total. The van der Waals surface area contributed by atoms with Crippen LogP contribution in [0.15, 0.2) is 41.3 Å². The molecule has 0 heterocycles. The van der Waals surface area contributed by atoms with Gasteiger partial charge in [-0.05, 0) is 43.3 Å². The first-order valence-electron chi connectivity index (χ1n) is 7.70. The highest BCUT2D eigenvalue weighted by Gasteiger charge is 2.23. The van der Waals surface area contributed by atoms with Crippen LogP contribution < -0.4 is 15.2 Å². The Labute approximate surface area is 171 Å². The van der Waals surface area contributed by atoms with E-state index in [-0.39, 0.29) is 21.2 Å². The summed E-state index contributed by atoms with van der Waals surface area (Å²) in [5.41, 5.74) is 0.175. The number of esters is 1. The molecule has 0 fully saturated rings. The zero-order chi connectivity index (χ0) is 21.1. The van der Waals surface area contributed by atoms with Crippen LogP contribution in [0, 0.1) is 0 Å². The van der Waals surface area contributed by atoms with Gasteiger partial charge in [0.25, 0.3) is 5.91 Å². The number of anilines is 1. The minimum absolute atomic E-state index is 0.0257. The van der Waals surface area contributed by atoms with E-state index in [0.29, 0.717) is 10.7 Å². The SMILES string of the molecule is COc1ccc(C(=O)OC(C)C(=O)Nc2ccc(Cl)cc2Cl)cc1S(N)(=O)=O. The molecule has 1 amide bonds. The molecule has 0 saturated heterocycles. The third-order valence-electron chi connectivity index (χ3n) is 3.55. The molecule has 1 atom stereocenters. The minimum atomic E-state index is -4.13. The summed E-state index contributed by atoms with van der Waals surface area (Å²) in [5.74, 6) is -1.59. The van der Waals surface area contributed by atoms with E-state index in [1.54, 1.807) is 0 Å². The molecule has 2 aromatic carbocycles. The van der Waals surface area contributed by atoms with Crippen LogP contribution in [-0.2, 0) is 19.6 Å². The number of sulfonamides is 1. The van der Waals surface area contributed by atoms with Crippen LogP contribution in [0.1, 0.15) is 17.3 Å². The normalized spacial score (nSPS) is 12.2. The number of amides is 1. The first-order valence-corrected chi connectivity index (χ1v) is 10.0. The van der Waals surface area contributed by atoms with E-state index < -0.39 is 28.0 Å². The third-order valence-corrected chi connectivity index (χ3v) is 5.03. The van der Waals surface area contributed by atoms with Crippen LogP contribution >= 0.6 is 23.2 Å². The van der Waals surface area contributed by atoms with E-state index in [4.69, 9.17) is 37.8 Å². The predicted octanol–water partition coefficient (Wildman–Crippen LogP) is 2.83. The molecule has 0 aliphatic heterocycles. The summed E-state index contributed by atoms with van der Waals surface area (Å²) in [7, 11) is -2.87. The average Bonchev–Trinajstić information content (AvgIpc) is 2.62. The largest absolute Gasteiger partial charge is 0.495 e. The quantitative estimate of drug-likeness (QED) is 0.657. The van der Waals surface area contributed by atoms with Crippen LogP contribution in [0.4, 0.5) is 5.69 Å². The van der Waals surface area contributed by atoms with Crippen molar-refractivity contribution in [3.63, 3.8) is 0 Å². The van der Waals surface area contributed by atoms with Gasteiger partial charge >= 0.3 is 5.97 Å². The number of carbonyl (C=O) groups excluding carboxylic acids is 2. The lowest BCUT2D eigenvalue weighted by Crippen LogP contribution is -2.30. The van der Waals surface area contributed by atoms with Gasteiger partial charge in [-0.25, -0.2) is 18.4 Å². The molecule has 150 valence electrons. The molecule has 0 aromatic heterocycles. The van der Waals surface area contributed by atoms with Gasteiger partial charge in [0.15, 0.2) is 6.10 Å².